The summed E-state index contributed by atoms with van der Waals surface area (Å²) in [5.41, 5.74) is -0.692. The number of nitrogens with zero attached hydrogens (tertiary/aromatic N) is 3. The smallest absolute Gasteiger partial charge is 0.335 e. The van der Waals surface area contributed by atoms with Crippen molar-refractivity contribution in [1.29, 1.82) is 0 Å². The maximum absolute atomic E-state index is 13.2. The van der Waals surface area contributed by atoms with Crippen molar-refractivity contribution < 1.29 is 22.4 Å². The van der Waals surface area contributed by atoms with Crippen molar-refractivity contribution in [2.45, 2.75) is 18.8 Å². The molecular weight excluding hydrogens is 334 g/mol. The van der Waals surface area contributed by atoms with E-state index in [4.69, 9.17) is 0 Å². The Bertz CT molecular complexity index is 737. The highest BCUT2D eigenvalue weighted by molar-refractivity contribution is 7.17. The minimum atomic E-state index is -4.48. The topological polar surface area (TPSA) is 38.1 Å². The Balaban J connectivity index is 1.84. The third-order valence-corrected chi connectivity index (χ3v) is 4.75. The molecule has 1 aliphatic rings. The van der Waals surface area contributed by atoms with Crippen LogP contribution in [0.1, 0.15) is 21.8 Å². The second kappa shape index (κ2) is 5.63. The maximum atomic E-state index is 13.2. The summed E-state index contributed by atoms with van der Waals surface area (Å²) in [4.78, 5) is 14.5. The monoisotopic (exact) mass is 347 g/mol. The zero-order valence-electron chi connectivity index (χ0n) is 12.1. The van der Waals surface area contributed by atoms with E-state index in [1.165, 1.54) is 18.0 Å². The number of thiophene rings is 1. The van der Waals surface area contributed by atoms with E-state index in [0.717, 1.165) is 22.1 Å². The third-order valence-electron chi connectivity index (χ3n) is 3.66. The predicted molar refractivity (Wildman–Crippen MR) is 76.9 cm³/mol. The first-order valence-corrected chi connectivity index (χ1v) is 7.72. The minimum Gasteiger partial charge on any atom is -0.335 e. The molecule has 9 heteroatoms. The molecule has 0 saturated carbocycles. The van der Waals surface area contributed by atoms with Gasteiger partial charge in [0.15, 0.2) is 0 Å². The molecule has 0 N–H and O–H groups in total. The van der Waals surface area contributed by atoms with Gasteiger partial charge in [0.2, 0.25) is 0 Å². The van der Waals surface area contributed by atoms with Crippen LogP contribution >= 0.6 is 11.3 Å². The summed E-state index contributed by atoms with van der Waals surface area (Å²) in [5, 5.41) is 3.85. The average molecular weight is 347 g/mol. The van der Waals surface area contributed by atoms with Gasteiger partial charge in [0, 0.05) is 13.6 Å². The quantitative estimate of drug-likeness (QED) is 0.782. The van der Waals surface area contributed by atoms with Crippen molar-refractivity contribution in [3.05, 3.63) is 28.8 Å². The van der Waals surface area contributed by atoms with Crippen LogP contribution in [0.3, 0.4) is 0 Å². The van der Waals surface area contributed by atoms with Gasteiger partial charge in [-0.15, -0.1) is 11.3 Å². The van der Waals surface area contributed by atoms with E-state index in [1.54, 1.807) is 6.07 Å². The summed E-state index contributed by atoms with van der Waals surface area (Å²) in [6.07, 6.45) is -5.18. The fraction of sp³-hybridized carbons (Fsp3) is 0.429. The van der Waals surface area contributed by atoms with E-state index in [2.05, 4.69) is 5.10 Å². The molecule has 1 saturated heterocycles. The number of rotatable bonds is 2. The zero-order chi connectivity index (χ0) is 16.8. The van der Waals surface area contributed by atoms with Crippen LogP contribution in [-0.2, 0) is 13.2 Å². The number of aromatic nitrogens is 2. The van der Waals surface area contributed by atoms with Gasteiger partial charge in [-0.1, -0.05) is 0 Å². The molecule has 2 aromatic rings. The summed E-state index contributed by atoms with van der Waals surface area (Å²) < 4.78 is 52.3. The lowest BCUT2D eigenvalue weighted by Gasteiger charge is -2.13. The summed E-state index contributed by atoms with van der Waals surface area (Å²) in [5.74, 6) is -0.298. The Kier molecular flexibility index (Phi) is 3.91. The molecule has 0 aromatic carbocycles. The van der Waals surface area contributed by atoms with Crippen LogP contribution in [0, 0.1) is 0 Å². The van der Waals surface area contributed by atoms with E-state index in [0.29, 0.717) is 22.7 Å². The summed E-state index contributed by atoms with van der Waals surface area (Å²) >= 11 is 1.06. The average Bonchev–Trinajstić information content (AvgIpc) is 3.15. The van der Waals surface area contributed by atoms with Gasteiger partial charge in [-0.25, -0.2) is 4.39 Å². The highest BCUT2D eigenvalue weighted by Gasteiger charge is 2.35. The molecule has 0 spiro atoms. The molecular formula is C14H13F4N3OS. The molecule has 0 unspecified atom stereocenters. The van der Waals surface area contributed by atoms with E-state index >= 15 is 0 Å². The molecule has 0 bridgehead atoms. The number of likely N-dealkylation sites (tertiary alicyclic amines) is 1. The van der Waals surface area contributed by atoms with Gasteiger partial charge in [-0.2, -0.15) is 18.3 Å². The van der Waals surface area contributed by atoms with Crippen molar-refractivity contribution >= 4 is 17.2 Å². The molecule has 0 aliphatic carbocycles. The Morgan fingerprint density at radius 1 is 1.39 bits per heavy atom. The Morgan fingerprint density at radius 2 is 2.13 bits per heavy atom. The Morgan fingerprint density at radius 3 is 2.70 bits per heavy atom. The Labute approximate surface area is 133 Å². The lowest BCUT2D eigenvalue weighted by Crippen LogP contribution is -2.28. The molecule has 124 valence electrons. The van der Waals surface area contributed by atoms with Gasteiger partial charge in [0.25, 0.3) is 5.91 Å². The van der Waals surface area contributed by atoms with Crippen molar-refractivity contribution in [2.24, 2.45) is 7.05 Å². The van der Waals surface area contributed by atoms with E-state index < -0.39 is 18.0 Å². The van der Waals surface area contributed by atoms with Crippen LogP contribution in [0.25, 0.3) is 10.6 Å². The standard InChI is InChI=1S/C14H13F4N3OS/c1-20-12(14(16,17)18)6-9(19-20)10-2-3-11(23-10)13(22)21-5-4-8(15)7-21/h2-3,6,8H,4-5,7H2,1H3/t8-/m1/s1. The number of hydrogen-bond donors (Lipinski definition) is 0. The molecule has 1 fully saturated rings. The molecule has 1 aliphatic heterocycles. The first kappa shape index (κ1) is 16.0. The van der Waals surface area contributed by atoms with E-state index in [-0.39, 0.29) is 18.1 Å². The van der Waals surface area contributed by atoms with Crippen molar-refractivity contribution in [3.63, 3.8) is 0 Å². The van der Waals surface area contributed by atoms with Gasteiger partial charge in [0.1, 0.15) is 17.6 Å². The SMILES string of the molecule is Cn1nc(-c2ccc(C(=O)N3CC[C@@H](F)C3)s2)cc1C(F)(F)F. The van der Waals surface area contributed by atoms with Gasteiger partial charge >= 0.3 is 6.18 Å². The molecule has 1 atom stereocenters. The number of carbonyl (C=O) groups is 1. The number of carbonyl (C=O) groups excluding carboxylic acids is 1. The number of alkyl halides is 4. The first-order valence-electron chi connectivity index (χ1n) is 6.90. The highest BCUT2D eigenvalue weighted by atomic mass is 32.1. The first-order chi connectivity index (χ1) is 10.8. The molecule has 2 aromatic heterocycles. The van der Waals surface area contributed by atoms with Crippen LogP contribution in [0.4, 0.5) is 17.6 Å². The fourth-order valence-electron chi connectivity index (χ4n) is 2.50. The minimum absolute atomic E-state index is 0.0634. The van der Waals surface area contributed by atoms with Gasteiger partial charge < -0.3 is 4.90 Å². The van der Waals surface area contributed by atoms with Gasteiger partial charge in [-0.05, 0) is 24.6 Å². The third kappa shape index (κ3) is 3.10. The number of halogens is 4. The zero-order valence-corrected chi connectivity index (χ0v) is 12.9. The lowest BCUT2D eigenvalue weighted by molar-refractivity contribution is -0.143. The number of amides is 1. The lowest BCUT2D eigenvalue weighted by atomic mass is 10.3. The van der Waals surface area contributed by atoms with Crippen LogP contribution in [-0.4, -0.2) is 39.8 Å². The molecule has 0 radical (unpaired) electrons. The maximum Gasteiger partial charge on any atom is 0.433 e. The van der Waals surface area contributed by atoms with Crippen LogP contribution < -0.4 is 0 Å². The van der Waals surface area contributed by atoms with E-state index in [9.17, 15) is 22.4 Å². The normalized spacial score (nSPS) is 18.7. The molecule has 3 rings (SSSR count). The second-order valence-electron chi connectivity index (χ2n) is 5.34. The van der Waals surface area contributed by atoms with Crippen LogP contribution in [0.2, 0.25) is 0 Å². The van der Waals surface area contributed by atoms with Gasteiger partial charge in [-0.3, -0.25) is 9.48 Å². The van der Waals surface area contributed by atoms with Gasteiger partial charge in [0.05, 0.1) is 16.3 Å². The largest absolute Gasteiger partial charge is 0.433 e. The molecule has 3 heterocycles. The molecule has 23 heavy (non-hydrogen) atoms. The molecule has 1 amide bonds. The second-order valence-corrected chi connectivity index (χ2v) is 6.42. The summed E-state index contributed by atoms with van der Waals surface area (Å²) in [6, 6.07) is 4.05. The van der Waals surface area contributed by atoms with Crippen LogP contribution in [0.15, 0.2) is 18.2 Å². The fourth-order valence-corrected chi connectivity index (χ4v) is 3.43. The summed E-state index contributed by atoms with van der Waals surface area (Å²) in [6.45, 7) is 0.420. The number of aryl methyl sites for hydroxylation is 1. The number of hydrogen-bond acceptors (Lipinski definition) is 3. The Hall–Kier alpha value is -1.90. The summed E-state index contributed by atoms with van der Waals surface area (Å²) in [7, 11) is 1.22. The van der Waals surface area contributed by atoms with Crippen molar-refractivity contribution in [1.82, 2.24) is 14.7 Å². The van der Waals surface area contributed by atoms with Crippen LogP contribution in [0.5, 0.6) is 0 Å². The predicted octanol–water partition coefficient (Wildman–Crippen LogP) is 3.35. The molecule has 4 nitrogen and oxygen atoms in total. The van der Waals surface area contributed by atoms with Crippen molar-refractivity contribution in [2.75, 3.05) is 13.1 Å². The van der Waals surface area contributed by atoms with E-state index in [1.807, 2.05) is 0 Å². The highest BCUT2D eigenvalue weighted by Crippen LogP contribution is 2.34. The van der Waals surface area contributed by atoms with Crippen molar-refractivity contribution in [3.8, 4) is 10.6 Å².